The molecule has 1 aliphatic rings. The smallest absolute Gasteiger partial charge is 0.289 e. The van der Waals surface area contributed by atoms with E-state index in [1.165, 1.54) is 6.26 Å². The van der Waals surface area contributed by atoms with Crippen molar-refractivity contribution in [2.75, 3.05) is 24.5 Å². The lowest BCUT2D eigenvalue weighted by molar-refractivity contribution is 0.0690. The highest BCUT2D eigenvalue weighted by molar-refractivity contribution is 6.36. The van der Waals surface area contributed by atoms with E-state index in [0.29, 0.717) is 40.5 Å². The summed E-state index contributed by atoms with van der Waals surface area (Å²) in [5, 5.41) is 1.83. The van der Waals surface area contributed by atoms with Crippen molar-refractivity contribution in [1.29, 1.82) is 0 Å². The summed E-state index contributed by atoms with van der Waals surface area (Å²) in [6.45, 7) is 1.68. The molecule has 0 spiro atoms. The minimum atomic E-state index is -0.120. The van der Waals surface area contributed by atoms with E-state index in [2.05, 4.69) is 4.90 Å². The van der Waals surface area contributed by atoms with E-state index in [0.717, 1.165) is 11.3 Å². The fraction of sp³-hybridized carbons (Fsp3) is 0.190. The Balaban J connectivity index is 1.68. The van der Waals surface area contributed by atoms with Gasteiger partial charge < -0.3 is 14.2 Å². The maximum Gasteiger partial charge on any atom is 0.289 e. The summed E-state index contributed by atoms with van der Waals surface area (Å²) in [6, 6.07) is 16.4. The maximum atomic E-state index is 12.8. The van der Waals surface area contributed by atoms with Crippen LogP contribution < -0.4 is 4.90 Å². The van der Waals surface area contributed by atoms with Crippen LogP contribution in [0.4, 0.5) is 5.69 Å². The predicted octanol–water partition coefficient (Wildman–Crippen LogP) is 5.94. The minimum absolute atomic E-state index is 0.0800. The normalized spacial score (nSPS) is 17.0. The Morgan fingerprint density at radius 2 is 1.71 bits per heavy atom. The molecular formula is C21H17Cl3N2O2. The number of benzene rings is 2. The van der Waals surface area contributed by atoms with Gasteiger partial charge in [-0.05, 0) is 48.0 Å². The second-order valence-electron chi connectivity index (χ2n) is 6.58. The fourth-order valence-corrected chi connectivity index (χ4v) is 4.14. The number of halogens is 3. The average molecular weight is 436 g/mol. The van der Waals surface area contributed by atoms with Crippen LogP contribution in [0.2, 0.25) is 15.1 Å². The molecule has 7 heteroatoms. The maximum absolute atomic E-state index is 12.8. The van der Waals surface area contributed by atoms with Gasteiger partial charge in [-0.1, -0.05) is 46.9 Å². The third-order valence-electron chi connectivity index (χ3n) is 4.87. The van der Waals surface area contributed by atoms with Crippen molar-refractivity contribution in [2.45, 2.75) is 6.04 Å². The third kappa shape index (κ3) is 3.86. The van der Waals surface area contributed by atoms with Crippen LogP contribution in [0.3, 0.4) is 0 Å². The lowest BCUT2D eigenvalue weighted by Gasteiger charge is -2.43. The van der Waals surface area contributed by atoms with Crippen LogP contribution in [0.25, 0.3) is 0 Å². The van der Waals surface area contributed by atoms with Crippen molar-refractivity contribution < 1.29 is 9.21 Å². The summed E-state index contributed by atoms with van der Waals surface area (Å²) in [5.74, 6) is 0.221. The average Bonchev–Trinajstić information content (AvgIpc) is 3.23. The Hall–Kier alpha value is -2.14. The SMILES string of the molecule is O=C(c1ccco1)N1CCN(c2ccc(Cl)cc2Cl)C(c2ccc(Cl)cc2)C1. The van der Waals surface area contributed by atoms with Crippen LogP contribution in [0.15, 0.2) is 65.3 Å². The second kappa shape index (κ2) is 8.08. The molecular weight excluding hydrogens is 419 g/mol. The number of furan rings is 1. The van der Waals surface area contributed by atoms with Crippen molar-refractivity contribution in [3.8, 4) is 0 Å². The molecule has 0 N–H and O–H groups in total. The molecule has 1 fully saturated rings. The van der Waals surface area contributed by atoms with Gasteiger partial charge in [0.2, 0.25) is 0 Å². The molecule has 4 nitrogen and oxygen atoms in total. The fourth-order valence-electron chi connectivity index (χ4n) is 3.50. The first-order valence-corrected chi connectivity index (χ1v) is 9.96. The van der Waals surface area contributed by atoms with Crippen LogP contribution in [0.5, 0.6) is 0 Å². The van der Waals surface area contributed by atoms with Gasteiger partial charge in [-0.2, -0.15) is 0 Å². The molecule has 0 aliphatic carbocycles. The summed E-state index contributed by atoms with van der Waals surface area (Å²) in [5.41, 5.74) is 1.93. The molecule has 3 aromatic rings. The van der Waals surface area contributed by atoms with Crippen molar-refractivity contribution in [3.63, 3.8) is 0 Å². The zero-order chi connectivity index (χ0) is 19.7. The number of nitrogens with zero attached hydrogens (tertiary/aromatic N) is 2. The molecule has 0 saturated carbocycles. The summed E-state index contributed by atoms with van der Waals surface area (Å²) >= 11 is 18.6. The van der Waals surface area contributed by atoms with Gasteiger partial charge in [0, 0.05) is 29.7 Å². The molecule has 0 bridgehead atoms. The molecule has 1 amide bonds. The number of carbonyl (C=O) groups excluding carboxylic acids is 1. The highest BCUT2D eigenvalue weighted by Crippen LogP contribution is 2.37. The molecule has 0 radical (unpaired) electrons. The Labute approximate surface area is 178 Å². The van der Waals surface area contributed by atoms with Crippen molar-refractivity contribution >= 4 is 46.4 Å². The molecule has 1 unspecified atom stereocenters. The monoisotopic (exact) mass is 434 g/mol. The minimum Gasteiger partial charge on any atom is -0.459 e. The Morgan fingerprint density at radius 1 is 0.964 bits per heavy atom. The molecule has 1 aromatic heterocycles. The number of carbonyl (C=O) groups is 1. The zero-order valence-corrected chi connectivity index (χ0v) is 17.1. The van der Waals surface area contributed by atoms with Gasteiger partial charge in [-0.25, -0.2) is 0 Å². The van der Waals surface area contributed by atoms with Gasteiger partial charge in [0.25, 0.3) is 5.91 Å². The summed E-state index contributed by atoms with van der Waals surface area (Å²) < 4.78 is 5.29. The first-order valence-electron chi connectivity index (χ1n) is 8.83. The number of amides is 1. The first-order chi connectivity index (χ1) is 13.5. The van der Waals surface area contributed by atoms with Crippen LogP contribution in [0, 0.1) is 0 Å². The van der Waals surface area contributed by atoms with E-state index in [-0.39, 0.29) is 11.9 Å². The standard InChI is InChI=1S/C21H17Cl3N2O2/c22-15-5-3-14(4-6-15)19-13-25(21(27)20-2-1-11-28-20)9-10-26(19)18-8-7-16(23)12-17(18)24/h1-8,11-12,19H,9-10,13H2. The van der Waals surface area contributed by atoms with Gasteiger partial charge in [-0.15, -0.1) is 0 Å². The van der Waals surface area contributed by atoms with E-state index in [1.807, 2.05) is 36.4 Å². The van der Waals surface area contributed by atoms with Gasteiger partial charge in [0.15, 0.2) is 5.76 Å². The highest BCUT2D eigenvalue weighted by atomic mass is 35.5. The Bertz CT molecular complexity index is 974. The van der Waals surface area contributed by atoms with Crippen LogP contribution >= 0.6 is 34.8 Å². The number of hydrogen-bond donors (Lipinski definition) is 0. The van der Waals surface area contributed by atoms with Gasteiger partial charge in [0.1, 0.15) is 0 Å². The Kier molecular flexibility index (Phi) is 5.54. The van der Waals surface area contributed by atoms with E-state index in [1.54, 1.807) is 23.1 Å². The lowest BCUT2D eigenvalue weighted by atomic mass is 10.0. The summed E-state index contributed by atoms with van der Waals surface area (Å²) in [6.07, 6.45) is 1.51. The number of hydrogen-bond acceptors (Lipinski definition) is 3. The van der Waals surface area contributed by atoms with Crippen LogP contribution in [-0.4, -0.2) is 30.4 Å². The van der Waals surface area contributed by atoms with Gasteiger partial charge >= 0.3 is 0 Å². The third-order valence-corrected chi connectivity index (χ3v) is 5.66. The van der Waals surface area contributed by atoms with Crippen molar-refractivity contribution in [2.24, 2.45) is 0 Å². The second-order valence-corrected chi connectivity index (χ2v) is 7.87. The zero-order valence-electron chi connectivity index (χ0n) is 14.8. The molecule has 4 rings (SSSR count). The van der Waals surface area contributed by atoms with E-state index in [9.17, 15) is 4.79 Å². The number of piperazine rings is 1. The van der Waals surface area contributed by atoms with Crippen LogP contribution in [-0.2, 0) is 0 Å². The lowest BCUT2D eigenvalue weighted by Crippen LogP contribution is -2.50. The predicted molar refractivity (Wildman–Crippen MR) is 113 cm³/mol. The molecule has 1 atom stereocenters. The number of anilines is 1. The summed E-state index contributed by atoms with van der Waals surface area (Å²) in [4.78, 5) is 16.8. The number of rotatable bonds is 3. The quantitative estimate of drug-likeness (QED) is 0.510. The van der Waals surface area contributed by atoms with E-state index in [4.69, 9.17) is 39.2 Å². The van der Waals surface area contributed by atoms with Gasteiger partial charge in [0.05, 0.1) is 23.0 Å². The first kappa shape index (κ1) is 19.2. The molecule has 2 aromatic carbocycles. The van der Waals surface area contributed by atoms with Crippen molar-refractivity contribution in [3.05, 3.63) is 87.3 Å². The topological polar surface area (TPSA) is 36.7 Å². The van der Waals surface area contributed by atoms with Gasteiger partial charge in [-0.3, -0.25) is 4.79 Å². The van der Waals surface area contributed by atoms with Crippen molar-refractivity contribution in [1.82, 2.24) is 4.90 Å². The molecule has 144 valence electrons. The molecule has 28 heavy (non-hydrogen) atoms. The molecule has 1 aliphatic heterocycles. The van der Waals surface area contributed by atoms with E-state index >= 15 is 0 Å². The Morgan fingerprint density at radius 3 is 2.39 bits per heavy atom. The largest absolute Gasteiger partial charge is 0.459 e. The molecule has 1 saturated heterocycles. The van der Waals surface area contributed by atoms with E-state index < -0.39 is 0 Å². The van der Waals surface area contributed by atoms with Crippen LogP contribution in [0.1, 0.15) is 22.2 Å². The summed E-state index contributed by atoms with van der Waals surface area (Å²) in [7, 11) is 0. The molecule has 2 heterocycles. The highest BCUT2D eigenvalue weighted by Gasteiger charge is 2.33.